The Morgan fingerprint density at radius 1 is 1.15 bits per heavy atom. The zero-order valence-electron chi connectivity index (χ0n) is 19.6. The molecule has 0 bridgehead atoms. The number of anilines is 1. The van der Waals surface area contributed by atoms with Gasteiger partial charge < -0.3 is 15.0 Å². The molecule has 2 aromatic heterocycles. The normalized spacial score (nSPS) is 11.4. The molecule has 4 aromatic rings. The maximum Gasteiger partial charge on any atom is 0.272 e. The van der Waals surface area contributed by atoms with E-state index >= 15 is 0 Å². The van der Waals surface area contributed by atoms with Crippen LogP contribution in [0.5, 0.6) is 5.75 Å². The second-order valence-electron chi connectivity index (χ2n) is 7.87. The molecule has 2 heterocycles. The molecule has 4 rings (SSSR count). The number of likely N-dealkylation sites (N-methyl/N-ethyl adjacent to an activating group) is 1. The molecule has 0 aliphatic rings. The molecule has 0 aliphatic carbocycles. The van der Waals surface area contributed by atoms with Gasteiger partial charge in [-0.3, -0.25) is 14.2 Å². The Bertz CT molecular complexity index is 1360. The molecule has 34 heavy (non-hydrogen) atoms. The number of nitrogens with one attached hydrogen (secondary N) is 2. The van der Waals surface area contributed by atoms with Crippen LogP contribution in [0.3, 0.4) is 0 Å². The number of carbonyl (C=O) groups excluding carboxylic acids is 1. The van der Waals surface area contributed by atoms with E-state index in [2.05, 4.69) is 19.2 Å². The number of para-hydroxylation sites is 2. The number of fused-ring (bicyclic) bond motifs is 3. The first-order valence-electron chi connectivity index (χ1n) is 11.4. The van der Waals surface area contributed by atoms with Crippen LogP contribution in [0.1, 0.15) is 13.8 Å². The summed E-state index contributed by atoms with van der Waals surface area (Å²) in [4.78, 5) is 32.6. The number of amides is 1. The second-order valence-corrected chi connectivity index (χ2v) is 9.87. The summed E-state index contributed by atoms with van der Waals surface area (Å²) in [5, 5.41) is 4.44. The molecule has 0 atom stereocenters. The quantitative estimate of drug-likeness (QED) is 0.260. The van der Waals surface area contributed by atoms with E-state index in [1.54, 1.807) is 23.8 Å². The van der Waals surface area contributed by atoms with Gasteiger partial charge in [-0.25, -0.2) is 4.98 Å². The predicted octanol–water partition coefficient (Wildman–Crippen LogP) is 3.28. The minimum absolute atomic E-state index is 0.0367. The third-order valence-electron chi connectivity index (χ3n) is 5.85. The highest BCUT2D eigenvalue weighted by Crippen LogP contribution is 2.32. The van der Waals surface area contributed by atoms with Crippen LogP contribution in [0.2, 0.25) is 0 Å². The first-order valence-corrected chi connectivity index (χ1v) is 13.2. The molecule has 0 saturated carbocycles. The van der Waals surface area contributed by atoms with E-state index in [4.69, 9.17) is 9.72 Å². The Labute approximate surface area is 206 Å². The lowest BCUT2D eigenvalue weighted by Crippen LogP contribution is -3.11. The summed E-state index contributed by atoms with van der Waals surface area (Å²) in [5.41, 5.74) is 1.29. The number of nitrogens with zero attached hydrogens (tertiary/aromatic N) is 2. The predicted molar refractivity (Wildman–Crippen MR) is 141 cm³/mol. The maximum absolute atomic E-state index is 13.5. The van der Waals surface area contributed by atoms with Crippen molar-refractivity contribution < 1.29 is 14.4 Å². The summed E-state index contributed by atoms with van der Waals surface area (Å²) in [6, 6.07) is 15.2. The van der Waals surface area contributed by atoms with E-state index in [-0.39, 0.29) is 17.2 Å². The van der Waals surface area contributed by atoms with Gasteiger partial charge in [-0.15, -0.1) is 11.3 Å². The van der Waals surface area contributed by atoms with Gasteiger partial charge in [-0.2, -0.15) is 0 Å². The second kappa shape index (κ2) is 11.0. The van der Waals surface area contributed by atoms with Crippen molar-refractivity contribution in [2.75, 3.05) is 37.8 Å². The topological polar surface area (TPSA) is 77.7 Å². The minimum Gasteiger partial charge on any atom is -0.495 e. The van der Waals surface area contributed by atoms with Gasteiger partial charge in [0.25, 0.3) is 5.56 Å². The largest absolute Gasteiger partial charge is 0.495 e. The van der Waals surface area contributed by atoms with Crippen molar-refractivity contribution in [2.45, 2.75) is 25.5 Å². The van der Waals surface area contributed by atoms with Gasteiger partial charge in [0.05, 0.1) is 50.2 Å². The van der Waals surface area contributed by atoms with Crippen LogP contribution in [0.4, 0.5) is 5.69 Å². The van der Waals surface area contributed by atoms with Crippen LogP contribution in [-0.4, -0.2) is 48.0 Å². The summed E-state index contributed by atoms with van der Waals surface area (Å²) in [5.74, 6) is 0.556. The third-order valence-corrected chi connectivity index (χ3v) is 7.97. The Morgan fingerprint density at radius 3 is 2.65 bits per heavy atom. The van der Waals surface area contributed by atoms with E-state index in [1.165, 1.54) is 28.0 Å². The van der Waals surface area contributed by atoms with Gasteiger partial charge in [0.1, 0.15) is 10.4 Å². The summed E-state index contributed by atoms with van der Waals surface area (Å²) >= 11 is 2.77. The van der Waals surface area contributed by atoms with Crippen molar-refractivity contribution in [3.8, 4) is 5.75 Å². The molecule has 2 aromatic carbocycles. The van der Waals surface area contributed by atoms with E-state index < -0.39 is 0 Å². The lowest BCUT2D eigenvalue weighted by Gasteiger charge is -2.17. The molecule has 0 radical (unpaired) electrons. The van der Waals surface area contributed by atoms with Gasteiger partial charge in [0, 0.05) is 10.1 Å². The zero-order chi connectivity index (χ0) is 24.1. The highest BCUT2D eigenvalue weighted by Gasteiger charge is 2.18. The number of thiophene rings is 1. The fraction of sp³-hybridized carbons (Fsp3) is 0.320. The molecule has 0 aliphatic heterocycles. The summed E-state index contributed by atoms with van der Waals surface area (Å²) in [6.07, 6.45) is 0. The zero-order valence-corrected chi connectivity index (χ0v) is 21.2. The van der Waals surface area contributed by atoms with Gasteiger partial charge >= 0.3 is 0 Å². The SMILES string of the molecule is CC[NH+](CC)CCn1c(SCC(=O)Nc2ccccc2OC)nc2c(sc3ccccc32)c1=O. The number of methoxy groups -OCH3 is 1. The molecule has 9 heteroatoms. The Hall–Kier alpha value is -2.88. The summed E-state index contributed by atoms with van der Waals surface area (Å²) in [6.45, 7) is 7.66. The van der Waals surface area contributed by atoms with E-state index in [1.807, 2.05) is 36.4 Å². The number of hydrogen-bond donors (Lipinski definition) is 2. The summed E-state index contributed by atoms with van der Waals surface area (Å²) < 4.78 is 8.77. The minimum atomic E-state index is -0.181. The van der Waals surface area contributed by atoms with Crippen molar-refractivity contribution in [1.29, 1.82) is 0 Å². The van der Waals surface area contributed by atoms with Crippen molar-refractivity contribution in [1.82, 2.24) is 9.55 Å². The number of ether oxygens (including phenoxy) is 1. The standard InChI is InChI=1S/C25H28N4O3S2/c1-4-28(5-2)14-15-29-24(31)23-22(17-10-6-9-13-20(17)34-23)27-25(29)33-16-21(30)26-18-11-7-8-12-19(18)32-3/h6-13H,4-5,14-16H2,1-3H3,(H,26,30)/p+1. The molecule has 178 valence electrons. The number of quaternary nitrogens is 1. The third kappa shape index (κ3) is 5.11. The van der Waals surface area contributed by atoms with Gasteiger partial charge in [-0.1, -0.05) is 42.1 Å². The fourth-order valence-corrected chi connectivity index (χ4v) is 5.81. The smallest absolute Gasteiger partial charge is 0.272 e. The van der Waals surface area contributed by atoms with Crippen molar-refractivity contribution in [3.05, 3.63) is 58.9 Å². The number of aromatic nitrogens is 2. The number of rotatable bonds is 10. The average Bonchev–Trinajstić information content (AvgIpc) is 3.24. The van der Waals surface area contributed by atoms with Crippen molar-refractivity contribution in [2.24, 2.45) is 0 Å². The van der Waals surface area contributed by atoms with Gasteiger partial charge in [0.2, 0.25) is 5.91 Å². The lowest BCUT2D eigenvalue weighted by molar-refractivity contribution is -0.897. The average molecular weight is 498 g/mol. The van der Waals surface area contributed by atoms with Crippen LogP contribution in [-0.2, 0) is 11.3 Å². The van der Waals surface area contributed by atoms with Crippen LogP contribution >= 0.6 is 23.1 Å². The molecule has 0 fully saturated rings. The molecule has 0 spiro atoms. The number of thioether (sulfide) groups is 1. The molecule has 7 nitrogen and oxygen atoms in total. The molecule has 0 saturated heterocycles. The van der Waals surface area contributed by atoms with Gasteiger partial charge in [0.15, 0.2) is 5.16 Å². The molecule has 2 N–H and O–H groups in total. The van der Waals surface area contributed by atoms with Crippen LogP contribution in [0.15, 0.2) is 58.5 Å². The first-order chi connectivity index (χ1) is 16.5. The van der Waals surface area contributed by atoms with E-state index in [0.29, 0.717) is 33.4 Å². The molecular formula is C25H29N4O3S2+. The number of benzene rings is 2. The highest BCUT2D eigenvalue weighted by molar-refractivity contribution is 7.99. The van der Waals surface area contributed by atoms with Crippen LogP contribution in [0.25, 0.3) is 20.3 Å². The van der Waals surface area contributed by atoms with Crippen molar-refractivity contribution in [3.63, 3.8) is 0 Å². The molecular weight excluding hydrogens is 468 g/mol. The maximum atomic E-state index is 13.5. The molecule has 1 amide bonds. The van der Waals surface area contributed by atoms with Crippen molar-refractivity contribution >= 4 is 55.0 Å². The van der Waals surface area contributed by atoms with E-state index in [0.717, 1.165) is 29.7 Å². The summed E-state index contributed by atoms with van der Waals surface area (Å²) in [7, 11) is 1.57. The van der Waals surface area contributed by atoms with Crippen LogP contribution in [0, 0.1) is 0 Å². The number of carbonyl (C=O) groups is 1. The van der Waals surface area contributed by atoms with Gasteiger partial charge in [-0.05, 0) is 32.0 Å². The fourth-order valence-electron chi connectivity index (χ4n) is 3.90. The Balaban J connectivity index is 1.64. The van der Waals surface area contributed by atoms with E-state index in [9.17, 15) is 9.59 Å². The Kier molecular flexibility index (Phi) is 7.87. The highest BCUT2D eigenvalue weighted by atomic mass is 32.2. The Morgan fingerprint density at radius 2 is 1.88 bits per heavy atom. The number of hydrogen-bond acceptors (Lipinski definition) is 6. The lowest BCUT2D eigenvalue weighted by atomic mass is 10.2. The first kappa shape index (κ1) is 24.3. The van der Waals surface area contributed by atoms with Crippen LogP contribution < -0.4 is 20.5 Å². The monoisotopic (exact) mass is 497 g/mol. The molecule has 0 unspecified atom stereocenters.